The summed E-state index contributed by atoms with van der Waals surface area (Å²) in [5.41, 5.74) is -0.929. The Labute approximate surface area is 108 Å². The third kappa shape index (κ3) is 1.90. The smallest absolute Gasteiger partial charge is 0.275 e. The number of fused-ring (bicyclic) bond motifs is 1. The molecular weight excluding hydrogens is 246 g/mol. The number of benzene rings is 1. The van der Waals surface area contributed by atoms with Crippen molar-refractivity contribution in [1.82, 2.24) is 15.1 Å². The number of rotatable bonds is 1. The van der Waals surface area contributed by atoms with Crippen molar-refractivity contribution in [2.24, 2.45) is 0 Å². The van der Waals surface area contributed by atoms with Crippen LogP contribution in [-0.2, 0) is 0 Å². The Morgan fingerprint density at radius 1 is 1.37 bits per heavy atom. The van der Waals surface area contributed by atoms with E-state index in [4.69, 9.17) is 0 Å². The second-order valence-corrected chi connectivity index (χ2v) is 5.11. The number of hydrogen-bond donors (Lipinski definition) is 2. The van der Waals surface area contributed by atoms with Gasteiger partial charge in [-0.25, -0.2) is 5.10 Å². The molecular formula is C13H13N3O3. The van der Waals surface area contributed by atoms with E-state index in [1.165, 1.54) is 4.90 Å². The minimum absolute atomic E-state index is 0.214. The number of aromatic amines is 1. The molecule has 1 aliphatic heterocycles. The topological polar surface area (TPSA) is 86.3 Å². The third-order valence-corrected chi connectivity index (χ3v) is 3.25. The molecule has 0 aliphatic carbocycles. The zero-order valence-corrected chi connectivity index (χ0v) is 10.4. The molecule has 0 saturated carbocycles. The van der Waals surface area contributed by atoms with Gasteiger partial charge >= 0.3 is 0 Å². The first-order valence-electron chi connectivity index (χ1n) is 5.97. The Bertz CT molecular complexity index is 712. The highest BCUT2D eigenvalue weighted by Gasteiger charge is 2.40. The summed E-state index contributed by atoms with van der Waals surface area (Å²) in [5, 5.41) is 16.8. The van der Waals surface area contributed by atoms with Crippen LogP contribution in [0.3, 0.4) is 0 Å². The number of aromatic nitrogens is 2. The van der Waals surface area contributed by atoms with Crippen molar-refractivity contribution in [3.05, 3.63) is 40.3 Å². The number of hydrogen-bond acceptors (Lipinski definition) is 4. The average Bonchev–Trinajstić information content (AvgIpc) is 2.36. The van der Waals surface area contributed by atoms with E-state index < -0.39 is 5.60 Å². The average molecular weight is 259 g/mol. The first-order chi connectivity index (χ1) is 8.98. The number of nitrogens with one attached hydrogen (secondary N) is 1. The van der Waals surface area contributed by atoms with Crippen LogP contribution in [-0.4, -0.2) is 44.8 Å². The van der Waals surface area contributed by atoms with Crippen LogP contribution in [0.15, 0.2) is 29.1 Å². The second kappa shape index (κ2) is 3.89. The van der Waals surface area contributed by atoms with Crippen LogP contribution in [0, 0.1) is 0 Å². The lowest BCUT2D eigenvalue weighted by Gasteiger charge is -2.43. The van der Waals surface area contributed by atoms with Gasteiger partial charge in [-0.1, -0.05) is 18.2 Å². The van der Waals surface area contributed by atoms with Crippen molar-refractivity contribution in [3.63, 3.8) is 0 Å². The number of nitrogens with zero attached hydrogens (tertiary/aromatic N) is 2. The molecule has 1 amide bonds. The molecule has 0 atom stereocenters. The van der Waals surface area contributed by atoms with Crippen LogP contribution in [0.25, 0.3) is 10.8 Å². The Morgan fingerprint density at radius 2 is 2.00 bits per heavy atom. The lowest BCUT2D eigenvalue weighted by Crippen LogP contribution is -2.61. The standard InChI is InChI=1S/C13H13N3O3/c1-13(19)6-16(7-13)12(18)10-8-4-2-3-5-9(8)11(17)15-14-10/h2-5,19H,6-7H2,1H3,(H,15,17). The molecule has 2 N–H and O–H groups in total. The largest absolute Gasteiger partial charge is 0.386 e. The van der Waals surface area contributed by atoms with Crippen LogP contribution in [0.1, 0.15) is 17.4 Å². The van der Waals surface area contributed by atoms with Gasteiger partial charge in [-0.05, 0) is 13.0 Å². The molecule has 3 rings (SSSR count). The first kappa shape index (κ1) is 11.9. The van der Waals surface area contributed by atoms with Gasteiger partial charge in [-0.3, -0.25) is 9.59 Å². The summed E-state index contributed by atoms with van der Waals surface area (Å²) in [5.74, 6) is -0.279. The van der Waals surface area contributed by atoms with Crippen molar-refractivity contribution in [2.45, 2.75) is 12.5 Å². The molecule has 1 aromatic carbocycles. The molecule has 19 heavy (non-hydrogen) atoms. The number of H-pyrrole nitrogens is 1. The lowest BCUT2D eigenvalue weighted by molar-refractivity contribution is -0.0670. The van der Waals surface area contributed by atoms with Crippen molar-refractivity contribution >= 4 is 16.7 Å². The molecule has 98 valence electrons. The quantitative estimate of drug-likeness (QED) is 0.762. The van der Waals surface area contributed by atoms with E-state index in [1.54, 1.807) is 31.2 Å². The highest BCUT2D eigenvalue weighted by atomic mass is 16.3. The number of β-amino-alcohol motifs (C(OH)–C–C–N with tert-alkyl or cyclic N) is 1. The van der Waals surface area contributed by atoms with Gasteiger partial charge in [0, 0.05) is 5.39 Å². The van der Waals surface area contributed by atoms with Gasteiger partial charge in [0.1, 0.15) is 0 Å². The summed E-state index contributed by atoms with van der Waals surface area (Å²) in [4.78, 5) is 25.4. The van der Waals surface area contributed by atoms with Gasteiger partial charge in [0.15, 0.2) is 5.69 Å². The molecule has 1 aliphatic rings. The highest BCUT2D eigenvalue weighted by molar-refractivity contribution is 6.05. The number of carbonyl (C=O) groups is 1. The number of likely N-dealkylation sites (tertiary alicyclic amines) is 1. The zero-order chi connectivity index (χ0) is 13.6. The second-order valence-electron chi connectivity index (χ2n) is 5.11. The minimum atomic E-state index is -0.826. The fraction of sp³-hybridized carbons (Fsp3) is 0.308. The summed E-state index contributed by atoms with van der Waals surface area (Å²) in [6.45, 7) is 2.23. The summed E-state index contributed by atoms with van der Waals surface area (Å²) >= 11 is 0. The number of amides is 1. The molecule has 6 nitrogen and oxygen atoms in total. The third-order valence-electron chi connectivity index (χ3n) is 3.25. The Hall–Kier alpha value is -2.21. The fourth-order valence-corrected chi connectivity index (χ4v) is 2.35. The summed E-state index contributed by atoms with van der Waals surface area (Å²) in [6.07, 6.45) is 0. The van der Waals surface area contributed by atoms with Crippen molar-refractivity contribution in [2.75, 3.05) is 13.1 Å². The SMILES string of the molecule is CC1(O)CN(C(=O)c2n[nH]c(=O)c3ccccc23)C1. The molecule has 0 radical (unpaired) electrons. The van der Waals surface area contributed by atoms with Gasteiger partial charge < -0.3 is 10.0 Å². The van der Waals surface area contributed by atoms with Gasteiger partial charge in [0.2, 0.25) is 0 Å². The maximum absolute atomic E-state index is 12.3. The van der Waals surface area contributed by atoms with Crippen LogP contribution < -0.4 is 5.56 Å². The van der Waals surface area contributed by atoms with E-state index in [2.05, 4.69) is 10.2 Å². The maximum atomic E-state index is 12.3. The van der Waals surface area contributed by atoms with Crippen molar-refractivity contribution < 1.29 is 9.90 Å². The molecule has 6 heteroatoms. The van der Waals surface area contributed by atoms with Gasteiger partial charge in [-0.15, -0.1) is 0 Å². The van der Waals surface area contributed by atoms with Gasteiger partial charge in [-0.2, -0.15) is 5.10 Å². The summed E-state index contributed by atoms with van der Waals surface area (Å²) in [6, 6.07) is 6.84. The van der Waals surface area contributed by atoms with E-state index in [9.17, 15) is 14.7 Å². The Balaban J connectivity index is 2.04. The van der Waals surface area contributed by atoms with Crippen LogP contribution in [0.4, 0.5) is 0 Å². The van der Waals surface area contributed by atoms with E-state index in [0.717, 1.165) is 0 Å². The van der Waals surface area contributed by atoms with Crippen LogP contribution in [0.2, 0.25) is 0 Å². The van der Waals surface area contributed by atoms with Crippen LogP contribution >= 0.6 is 0 Å². The zero-order valence-electron chi connectivity index (χ0n) is 10.4. The van der Waals surface area contributed by atoms with E-state index in [0.29, 0.717) is 10.8 Å². The predicted octanol–water partition coefficient (Wildman–Crippen LogP) is 0.130. The number of aliphatic hydroxyl groups is 1. The summed E-state index contributed by atoms with van der Waals surface area (Å²) in [7, 11) is 0. The summed E-state index contributed by atoms with van der Waals surface area (Å²) < 4.78 is 0. The van der Waals surface area contributed by atoms with Crippen molar-refractivity contribution in [1.29, 1.82) is 0 Å². The molecule has 0 unspecified atom stereocenters. The normalized spacial score (nSPS) is 17.3. The fourth-order valence-electron chi connectivity index (χ4n) is 2.35. The monoisotopic (exact) mass is 259 g/mol. The molecule has 0 spiro atoms. The van der Waals surface area contributed by atoms with Crippen molar-refractivity contribution in [3.8, 4) is 0 Å². The van der Waals surface area contributed by atoms with Gasteiger partial charge in [0.05, 0.1) is 24.1 Å². The highest BCUT2D eigenvalue weighted by Crippen LogP contribution is 2.23. The van der Waals surface area contributed by atoms with E-state index >= 15 is 0 Å². The van der Waals surface area contributed by atoms with E-state index in [-0.39, 0.29) is 30.2 Å². The molecule has 0 bridgehead atoms. The van der Waals surface area contributed by atoms with E-state index in [1.807, 2.05) is 0 Å². The Kier molecular flexibility index (Phi) is 2.43. The van der Waals surface area contributed by atoms with Crippen LogP contribution in [0.5, 0.6) is 0 Å². The molecule has 1 aromatic heterocycles. The molecule has 2 heterocycles. The first-order valence-corrected chi connectivity index (χ1v) is 5.97. The molecule has 1 fully saturated rings. The predicted molar refractivity (Wildman–Crippen MR) is 68.9 cm³/mol. The number of carbonyl (C=O) groups excluding carboxylic acids is 1. The van der Waals surface area contributed by atoms with Gasteiger partial charge in [0.25, 0.3) is 11.5 Å². The minimum Gasteiger partial charge on any atom is -0.386 e. The lowest BCUT2D eigenvalue weighted by atomic mass is 9.96. The Morgan fingerprint density at radius 3 is 2.63 bits per heavy atom. The molecule has 2 aromatic rings. The molecule has 1 saturated heterocycles. The maximum Gasteiger partial charge on any atom is 0.275 e.